The molecule has 0 unspecified atom stereocenters. The van der Waals surface area contributed by atoms with E-state index in [4.69, 9.17) is 4.74 Å². The lowest BCUT2D eigenvalue weighted by Gasteiger charge is -2.13. The van der Waals surface area contributed by atoms with Gasteiger partial charge in [0.25, 0.3) is 0 Å². The highest BCUT2D eigenvalue weighted by atomic mass is 16.5. The van der Waals surface area contributed by atoms with E-state index in [0.29, 0.717) is 24.6 Å². The van der Waals surface area contributed by atoms with Crippen molar-refractivity contribution in [2.75, 3.05) is 18.5 Å². The number of ether oxygens (including phenoxy) is 1. The fraction of sp³-hybridized carbons (Fsp3) is 0.200. The van der Waals surface area contributed by atoms with E-state index in [0.717, 1.165) is 5.56 Å². The van der Waals surface area contributed by atoms with Crippen LogP contribution in [0.3, 0.4) is 0 Å². The van der Waals surface area contributed by atoms with Crippen molar-refractivity contribution in [2.45, 2.75) is 12.8 Å². The molecule has 0 aromatic heterocycles. The Hall–Kier alpha value is -3.08. The molecule has 5 nitrogen and oxygen atoms in total. The Morgan fingerprint density at radius 3 is 2.40 bits per heavy atom. The molecule has 0 saturated heterocycles. The summed E-state index contributed by atoms with van der Waals surface area (Å²) >= 11 is 0. The summed E-state index contributed by atoms with van der Waals surface area (Å²) in [5.74, 6) is -0.562. The zero-order valence-corrected chi connectivity index (χ0v) is 14.2. The lowest BCUT2D eigenvalue weighted by atomic mass is 10.0. The summed E-state index contributed by atoms with van der Waals surface area (Å²) in [4.78, 5) is 23.9. The molecule has 1 atom stereocenters. The molecule has 0 spiro atoms. The molecule has 0 fully saturated rings. The molecule has 2 N–H and O–H groups in total. The fourth-order valence-electron chi connectivity index (χ4n) is 2.20. The van der Waals surface area contributed by atoms with Gasteiger partial charge in [-0.25, -0.2) is 0 Å². The summed E-state index contributed by atoms with van der Waals surface area (Å²) in [6.45, 7) is 6.37. The van der Waals surface area contributed by atoms with Crippen LogP contribution in [-0.2, 0) is 9.59 Å². The smallest absolute Gasteiger partial charge is 0.313 e. The van der Waals surface area contributed by atoms with Crippen LogP contribution in [0.2, 0.25) is 0 Å². The van der Waals surface area contributed by atoms with Crippen LogP contribution in [0, 0.1) is 0 Å². The number of nitrogens with one attached hydrogen (secondary N) is 2. The SMILES string of the molecule is C=CCOc1ccc(NC(=O)C(=O)NC[C@@H](C)c2ccccc2)cc1. The van der Waals surface area contributed by atoms with Gasteiger partial charge in [0.05, 0.1) is 0 Å². The van der Waals surface area contributed by atoms with E-state index in [2.05, 4.69) is 17.2 Å². The zero-order chi connectivity index (χ0) is 18.1. The third kappa shape index (κ3) is 5.80. The Morgan fingerprint density at radius 2 is 1.76 bits per heavy atom. The van der Waals surface area contributed by atoms with Crippen LogP contribution >= 0.6 is 0 Å². The first-order chi connectivity index (χ1) is 12.1. The average molecular weight is 338 g/mol. The molecule has 0 bridgehead atoms. The van der Waals surface area contributed by atoms with E-state index in [1.807, 2.05) is 37.3 Å². The van der Waals surface area contributed by atoms with E-state index >= 15 is 0 Å². The predicted molar refractivity (Wildman–Crippen MR) is 98.6 cm³/mol. The number of anilines is 1. The summed E-state index contributed by atoms with van der Waals surface area (Å²) in [5.41, 5.74) is 1.64. The van der Waals surface area contributed by atoms with E-state index in [9.17, 15) is 9.59 Å². The second-order valence-corrected chi connectivity index (χ2v) is 5.60. The number of carbonyl (C=O) groups excluding carboxylic acids is 2. The maximum Gasteiger partial charge on any atom is 0.313 e. The quantitative estimate of drug-likeness (QED) is 0.602. The molecule has 0 heterocycles. The number of amides is 2. The number of hydrogen-bond acceptors (Lipinski definition) is 3. The lowest BCUT2D eigenvalue weighted by Crippen LogP contribution is -2.37. The van der Waals surface area contributed by atoms with E-state index in [1.165, 1.54) is 0 Å². The van der Waals surface area contributed by atoms with Gasteiger partial charge in [0.15, 0.2) is 0 Å². The molecule has 0 saturated carbocycles. The van der Waals surface area contributed by atoms with Crippen LogP contribution in [0.15, 0.2) is 67.3 Å². The molecular formula is C20H22N2O3. The Labute approximate surface area is 147 Å². The number of benzene rings is 2. The van der Waals surface area contributed by atoms with Crippen molar-refractivity contribution in [3.63, 3.8) is 0 Å². The molecular weight excluding hydrogens is 316 g/mol. The third-order valence-corrected chi connectivity index (χ3v) is 3.62. The van der Waals surface area contributed by atoms with Gasteiger partial charge in [0.2, 0.25) is 0 Å². The molecule has 0 aliphatic heterocycles. The summed E-state index contributed by atoms with van der Waals surface area (Å²) in [6, 6.07) is 16.6. The summed E-state index contributed by atoms with van der Waals surface area (Å²) < 4.78 is 5.36. The summed E-state index contributed by atoms with van der Waals surface area (Å²) in [6.07, 6.45) is 1.65. The second kappa shape index (κ2) is 9.27. The van der Waals surface area contributed by atoms with Crippen molar-refractivity contribution in [3.8, 4) is 5.75 Å². The highest BCUT2D eigenvalue weighted by Gasteiger charge is 2.15. The van der Waals surface area contributed by atoms with Crippen molar-refractivity contribution >= 4 is 17.5 Å². The minimum atomic E-state index is -0.694. The van der Waals surface area contributed by atoms with E-state index in [-0.39, 0.29) is 5.92 Å². The first kappa shape index (κ1) is 18.3. The molecule has 2 aromatic carbocycles. The average Bonchev–Trinajstić information content (AvgIpc) is 2.65. The van der Waals surface area contributed by atoms with Gasteiger partial charge in [0.1, 0.15) is 12.4 Å². The summed E-state index contributed by atoms with van der Waals surface area (Å²) in [5, 5.41) is 5.22. The van der Waals surface area contributed by atoms with Crippen molar-refractivity contribution < 1.29 is 14.3 Å². The molecule has 5 heteroatoms. The molecule has 0 radical (unpaired) electrons. The van der Waals surface area contributed by atoms with Crippen molar-refractivity contribution in [2.24, 2.45) is 0 Å². The van der Waals surface area contributed by atoms with Crippen molar-refractivity contribution in [1.29, 1.82) is 0 Å². The van der Waals surface area contributed by atoms with Crippen LogP contribution in [0.5, 0.6) is 5.75 Å². The first-order valence-electron chi connectivity index (χ1n) is 8.08. The Bertz CT molecular complexity index is 711. The molecule has 2 aromatic rings. The number of rotatable bonds is 7. The molecule has 130 valence electrons. The Balaban J connectivity index is 1.81. The number of hydrogen-bond donors (Lipinski definition) is 2. The van der Waals surface area contributed by atoms with Gasteiger partial charge in [-0.05, 0) is 35.7 Å². The second-order valence-electron chi connectivity index (χ2n) is 5.60. The molecule has 2 amide bonds. The topological polar surface area (TPSA) is 67.4 Å². The van der Waals surface area contributed by atoms with Gasteiger partial charge in [-0.3, -0.25) is 9.59 Å². The van der Waals surface area contributed by atoms with Gasteiger partial charge >= 0.3 is 11.8 Å². The van der Waals surface area contributed by atoms with Crippen molar-refractivity contribution in [1.82, 2.24) is 5.32 Å². The normalized spacial score (nSPS) is 11.2. The first-order valence-corrected chi connectivity index (χ1v) is 8.08. The van der Waals surface area contributed by atoms with Gasteiger partial charge in [-0.1, -0.05) is 49.9 Å². The van der Waals surface area contributed by atoms with Crippen LogP contribution in [0.25, 0.3) is 0 Å². The van der Waals surface area contributed by atoms with Crippen LogP contribution in [-0.4, -0.2) is 25.0 Å². The molecule has 0 aliphatic carbocycles. The predicted octanol–water partition coefficient (Wildman–Crippen LogP) is 3.11. The molecule has 0 aliphatic rings. The lowest BCUT2D eigenvalue weighted by molar-refractivity contribution is -0.136. The number of carbonyl (C=O) groups is 2. The monoisotopic (exact) mass is 338 g/mol. The summed E-state index contributed by atoms with van der Waals surface area (Å²) in [7, 11) is 0. The largest absolute Gasteiger partial charge is 0.490 e. The zero-order valence-electron chi connectivity index (χ0n) is 14.2. The van der Waals surface area contributed by atoms with Crippen LogP contribution < -0.4 is 15.4 Å². The minimum Gasteiger partial charge on any atom is -0.490 e. The maximum atomic E-state index is 12.0. The molecule has 2 rings (SSSR count). The Morgan fingerprint density at radius 1 is 1.08 bits per heavy atom. The standard InChI is InChI=1S/C20H22N2O3/c1-3-13-25-18-11-9-17(10-12-18)22-20(24)19(23)21-14-15(2)16-7-5-4-6-8-16/h3-12,15H,1,13-14H2,2H3,(H,21,23)(H,22,24)/t15-/m1/s1. The van der Waals surface area contributed by atoms with Gasteiger partial charge in [0, 0.05) is 12.2 Å². The minimum absolute atomic E-state index is 0.124. The third-order valence-electron chi connectivity index (χ3n) is 3.62. The van der Waals surface area contributed by atoms with Crippen LogP contribution in [0.1, 0.15) is 18.4 Å². The van der Waals surface area contributed by atoms with E-state index < -0.39 is 11.8 Å². The fourth-order valence-corrected chi connectivity index (χ4v) is 2.20. The highest BCUT2D eigenvalue weighted by molar-refractivity contribution is 6.39. The van der Waals surface area contributed by atoms with Gasteiger partial charge < -0.3 is 15.4 Å². The highest BCUT2D eigenvalue weighted by Crippen LogP contribution is 2.16. The molecule has 25 heavy (non-hydrogen) atoms. The van der Waals surface area contributed by atoms with Crippen LogP contribution in [0.4, 0.5) is 5.69 Å². The Kier molecular flexibility index (Phi) is 6.77. The van der Waals surface area contributed by atoms with Gasteiger partial charge in [-0.2, -0.15) is 0 Å². The maximum absolute atomic E-state index is 12.0. The van der Waals surface area contributed by atoms with Crippen molar-refractivity contribution in [3.05, 3.63) is 72.8 Å². The van der Waals surface area contributed by atoms with Gasteiger partial charge in [-0.15, -0.1) is 0 Å². The van der Waals surface area contributed by atoms with E-state index in [1.54, 1.807) is 30.3 Å².